The lowest BCUT2D eigenvalue weighted by atomic mass is 10.1. The first-order valence-corrected chi connectivity index (χ1v) is 4.42. The molecule has 74 valence electrons. The number of aliphatic hydroxyl groups excluding tert-OH is 1. The van der Waals surface area contributed by atoms with E-state index < -0.39 is 5.97 Å². The lowest BCUT2D eigenvalue weighted by Crippen LogP contribution is -1.93. The molecule has 0 saturated carbocycles. The largest absolute Gasteiger partial charge is 0.477 e. The maximum Gasteiger partial charge on any atom is 0.341 e. The third-order valence-corrected chi connectivity index (χ3v) is 1.98. The molecule has 0 aliphatic carbocycles. The lowest BCUT2D eigenvalue weighted by molar-refractivity contribution is -0.131. The van der Waals surface area contributed by atoms with E-state index in [1.165, 1.54) is 6.08 Å². The highest BCUT2D eigenvalue weighted by atomic mass is 32.1. The zero-order valence-electron chi connectivity index (χ0n) is 7.34. The van der Waals surface area contributed by atoms with Crippen LogP contribution in [0.15, 0.2) is 29.2 Å². The molecule has 0 aromatic heterocycles. The Bertz CT molecular complexity index is 371. The van der Waals surface area contributed by atoms with Crippen molar-refractivity contribution in [1.82, 2.24) is 0 Å². The first-order valence-electron chi connectivity index (χ1n) is 3.97. The summed E-state index contributed by atoms with van der Waals surface area (Å²) in [5.41, 5.74) is 1.45. The van der Waals surface area contributed by atoms with Gasteiger partial charge in [0.05, 0.1) is 11.5 Å². The molecule has 2 N–H and O–H groups in total. The maximum absolute atomic E-state index is 10.5. The first kappa shape index (κ1) is 10.8. The third-order valence-electron chi connectivity index (χ3n) is 1.66. The van der Waals surface area contributed by atoms with Gasteiger partial charge < -0.3 is 10.2 Å². The van der Waals surface area contributed by atoms with Crippen molar-refractivity contribution in [2.75, 3.05) is 0 Å². The molecule has 0 fully saturated rings. The summed E-state index contributed by atoms with van der Waals surface area (Å²) in [4.78, 5) is 10.4. The smallest absolute Gasteiger partial charge is 0.341 e. The summed E-state index contributed by atoms with van der Waals surface area (Å²) in [7, 11) is 0. The highest BCUT2D eigenvalue weighted by molar-refractivity contribution is 7.85. The van der Waals surface area contributed by atoms with E-state index in [-0.39, 0.29) is 11.5 Å². The molecule has 0 aliphatic rings. The van der Waals surface area contributed by atoms with E-state index >= 15 is 0 Å². The zero-order valence-corrected chi connectivity index (χ0v) is 8.24. The van der Waals surface area contributed by atoms with Gasteiger partial charge in [0.15, 0.2) is 0 Å². The molecule has 4 heteroatoms. The maximum atomic E-state index is 10.5. The molecule has 1 aromatic carbocycles. The van der Waals surface area contributed by atoms with Gasteiger partial charge in [-0.05, 0) is 23.3 Å². The van der Waals surface area contributed by atoms with Crippen molar-refractivity contribution in [2.45, 2.75) is 6.61 Å². The van der Waals surface area contributed by atoms with E-state index in [9.17, 15) is 4.79 Å². The molecule has 0 heterocycles. The van der Waals surface area contributed by atoms with Gasteiger partial charge in [-0.2, -0.15) is 0 Å². The van der Waals surface area contributed by atoms with Crippen molar-refractivity contribution >= 4 is 24.7 Å². The summed E-state index contributed by atoms with van der Waals surface area (Å²) in [5.74, 6) is -1.07. The summed E-state index contributed by atoms with van der Waals surface area (Å²) < 4.78 is 0. The number of carboxylic acid groups (broad SMARTS) is 1. The van der Waals surface area contributed by atoms with Gasteiger partial charge in [0, 0.05) is 0 Å². The van der Waals surface area contributed by atoms with Gasteiger partial charge in [-0.3, -0.25) is 0 Å². The standard InChI is InChI=1S/C10H10O3S/c11-6-8-3-1-2-7(4-8)5-9(14)10(12)13/h1-5,11,14H,6H2,(H,12,13)/b9-5-. The number of carbonyl (C=O) groups is 1. The van der Waals surface area contributed by atoms with Gasteiger partial charge in [-0.25, -0.2) is 4.79 Å². The monoisotopic (exact) mass is 210 g/mol. The van der Waals surface area contributed by atoms with Gasteiger partial charge in [-0.1, -0.05) is 18.2 Å². The fraction of sp³-hybridized carbons (Fsp3) is 0.100. The molecule has 0 saturated heterocycles. The molecule has 0 unspecified atom stereocenters. The van der Waals surface area contributed by atoms with Crippen molar-refractivity contribution in [3.63, 3.8) is 0 Å². The second-order valence-electron chi connectivity index (χ2n) is 2.74. The Balaban J connectivity index is 2.97. The highest BCUT2D eigenvalue weighted by Crippen LogP contribution is 2.12. The average molecular weight is 210 g/mol. The molecule has 0 bridgehead atoms. The minimum absolute atomic E-state index is 0.0277. The number of aliphatic carboxylic acids is 1. The van der Waals surface area contributed by atoms with Crippen molar-refractivity contribution in [2.24, 2.45) is 0 Å². The van der Waals surface area contributed by atoms with Gasteiger partial charge in [-0.15, -0.1) is 12.6 Å². The Kier molecular flexibility index (Phi) is 3.73. The van der Waals surface area contributed by atoms with Crippen LogP contribution in [0.2, 0.25) is 0 Å². The number of aliphatic hydroxyl groups is 1. The number of thiol groups is 1. The minimum atomic E-state index is -1.07. The van der Waals surface area contributed by atoms with Gasteiger partial charge >= 0.3 is 5.97 Å². The molecule has 3 nitrogen and oxygen atoms in total. The summed E-state index contributed by atoms with van der Waals surface area (Å²) in [5, 5.41) is 17.4. The Hall–Kier alpha value is -1.26. The summed E-state index contributed by atoms with van der Waals surface area (Å²) >= 11 is 3.80. The van der Waals surface area contributed by atoms with Crippen LogP contribution in [0.25, 0.3) is 6.08 Å². The van der Waals surface area contributed by atoms with E-state index in [0.29, 0.717) is 5.56 Å². The van der Waals surface area contributed by atoms with Crippen LogP contribution in [0, 0.1) is 0 Å². The van der Waals surface area contributed by atoms with Crippen LogP contribution >= 0.6 is 12.6 Å². The topological polar surface area (TPSA) is 57.5 Å². The van der Waals surface area contributed by atoms with Gasteiger partial charge in [0.25, 0.3) is 0 Å². The Labute approximate surface area is 87.1 Å². The molecule has 0 atom stereocenters. The zero-order chi connectivity index (χ0) is 10.6. The summed E-state index contributed by atoms with van der Waals surface area (Å²) in [6.45, 7) is -0.0589. The van der Waals surface area contributed by atoms with E-state index in [1.54, 1.807) is 24.3 Å². The number of rotatable bonds is 3. The first-order chi connectivity index (χ1) is 6.63. The molecule has 0 radical (unpaired) electrons. The summed E-state index contributed by atoms with van der Waals surface area (Å²) in [6, 6.07) is 6.97. The van der Waals surface area contributed by atoms with Crippen LogP contribution in [-0.2, 0) is 11.4 Å². The van der Waals surface area contributed by atoms with Crippen molar-refractivity contribution in [3.8, 4) is 0 Å². The van der Waals surface area contributed by atoms with Crippen molar-refractivity contribution in [3.05, 3.63) is 40.3 Å². The predicted octanol–water partition coefficient (Wildman–Crippen LogP) is 1.53. The third kappa shape index (κ3) is 2.90. The van der Waals surface area contributed by atoms with Crippen LogP contribution in [0.1, 0.15) is 11.1 Å². The molecule has 0 spiro atoms. The van der Waals surface area contributed by atoms with Crippen LogP contribution < -0.4 is 0 Å². The van der Waals surface area contributed by atoms with E-state index in [2.05, 4.69) is 12.6 Å². The van der Waals surface area contributed by atoms with Crippen LogP contribution in [0.3, 0.4) is 0 Å². The van der Waals surface area contributed by atoms with Crippen LogP contribution in [0.4, 0.5) is 0 Å². The molecule has 14 heavy (non-hydrogen) atoms. The lowest BCUT2D eigenvalue weighted by Gasteiger charge is -1.98. The SMILES string of the molecule is O=C(O)/C(S)=C/c1cccc(CO)c1. The second kappa shape index (κ2) is 4.83. The molecular formula is C10H10O3S. The molecule has 0 aliphatic heterocycles. The minimum Gasteiger partial charge on any atom is -0.477 e. The molecular weight excluding hydrogens is 200 g/mol. The second-order valence-corrected chi connectivity index (χ2v) is 3.22. The van der Waals surface area contributed by atoms with Crippen molar-refractivity contribution < 1.29 is 15.0 Å². The van der Waals surface area contributed by atoms with Gasteiger partial charge in [0.2, 0.25) is 0 Å². The van der Waals surface area contributed by atoms with Crippen LogP contribution in [-0.4, -0.2) is 16.2 Å². The number of carboxylic acids is 1. The number of benzene rings is 1. The van der Waals surface area contributed by atoms with E-state index in [4.69, 9.17) is 10.2 Å². The normalized spacial score (nSPS) is 11.4. The van der Waals surface area contributed by atoms with Gasteiger partial charge in [0.1, 0.15) is 0 Å². The highest BCUT2D eigenvalue weighted by Gasteiger charge is 2.00. The number of hydrogen-bond donors (Lipinski definition) is 3. The molecule has 1 rings (SSSR count). The Morgan fingerprint density at radius 3 is 2.79 bits per heavy atom. The average Bonchev–Trinajstić information content (AvgIpc) is 2.18. The fourth-order valence-electron chi connectivity index (χ4n) is 1.00. The summed E-state index contributed by atoms with van der Waals surface area (Å²) in [6.07, 6.45) is 1.44. The molecule has 1 aromatic rings. The quantitative estimate of drug-likeness (QED) is 0.524. The molecule has 0 amide bonds. The van der Waals surface area contributed by atoms with Crippen molar-refractivity contribution in [1.29, 1.82) is 0 Å². The van der Waals surface area contributed by atoms with E-state index in [1.807, 2.05) is 0 Å². The Morgan fingerprint density at radius 2 is 2.21 bits per heavy atom. The predicted molar refractivity (Wildman–Crippen MR) is 57.0 cm³/mol. The fourth-order valence-corrected chi connectivity index (χ4v) is 1.15. The van der Waals surface area contributed by atoms with Crippen LogP contribution in [0.5, 0.6) is 0 Å². The van der Waals surface area contributed by atoms with E-state index in [0.717, 1.165) is 5.56 Å². The number of hydrogen-bond acceptors (Lipinski definition) is 3. The Morgan fingerprint density at radius 1 is 1.50 bits per heavy atom.